The molecule has 3 aromatic carbocycles. The van der Waals surface area contributed by atoms with Crippen LogP contribution in [0.4, 0.5) is 15.8 Å². The minimum absolute atomic E-state index is 0.208. The minimum Gasteiger partial charge on any atom is -0.467 e. The molecule has 5 rings (SSSR count). The van der Waals surface area contributed by atoms with Crippen LogP contribution < -0.4 is 20.3 Å². The van der Waals surface area contributed by atoms with Crippen molar-refractivity contribution in [2.24, 2.45) is 5.92 Å². The van der Waals surface area contributed by atoms with E-state index in [0.29, 0.717) is 16.5 Å². The van der Waals surface area contributed by atoms with Crippen molar-refractivity contribution in [3.05, 3.63) is 89.2 Å². The SMILES string of the molecule is Cc1ccc(NC(=O)[C@H]2[C@H]3NC(=S)N(c4cccc(F)c4)[C@@]2(C)Oc2ccccc23)c(C)c1. The molecule has 7 heteroatoms. The van der Waals surface area contributed by atoms with Gasteiger partial charge in [-0.05, 0) is 68.9 Å². The van der Waals surface area contributed by atoms with Crippen molar-refractivity contribution in [1.82, 2.24) is 5.32 Å². The van der Waals surface area contributed by atoms with E-state index in [0.717, 1.165) is 22.4 Å². The van der Waals surface area contributed by atoms with Gasteiger partial charge in [-0.25, -0.2) is 4.39 Å². The van der Waals surface area contributed by atoms with Crippen molar-refractivity contribution in [3.8, 4) is 5.75 Å². The summed E-state index contributed by atoms with van der Waals surface area (Å²) in [6.07, 6.45) is 0. The minimum atomic E-state index is -1.18. The van der Waals surface area contributed by atoms with Crippen molar-refractivity contribution in [2.45, 2.75) is 32.5 Å². The predicted octanol–water partition coefficient (Wildman–Crippen LogP) is 5.24. The lowest BCUT2D eigenvalue weighted by atomic mass is 9.78. The number of hydrogen-bond acceptors (Lipinski definition) is 3. The molecular weight excluding hydrogens is 437 g/mol. The largest absolute Gasteiger partial charge is 0.467 e. The molecule has 168 valence electrons. The fraction of sp³-hybridized carbons (Fsp3) is 0.231. The topological polar surface area (TPSA) is 53.6 Å². The Kier molecular flexibility index (Phi) is 5.09. The Balaban J connectivity index is 1.62. The first-order chi connectivity index (χ1) is 15.8. The zero-order valence-electron chi connectivity index (χ0n) is 18.6. The van der Waals surface area contributed by atoms with Crippen molar-refractivity contribution in [2.75, 3.05) is 10.2 Å². The van der Waals surface area contributed by atoms with E-state index in [2.05, 4.69) is 10.6 Å². The van der Waals surface area contributed by atoms with Crippen molar-refractivity contribution in [3.63, 3.8) is 0 Å². The Bertz CT molecular complexity index is 1280. The van der Waals surface area contributed by atoms with Gasteiger partial charge in [-0.3, -0.25) is 9.69 Å². The molecule has 2 aliphatic heterocycles. The number of halogens is 1. The van der Waals surface area contributed by atoms with Crippen molar-refractivity contribution in [1.29, 1.82) is 0 Å². The number of nitrogens with one attached hydrogen (secondary N) is 2. The van der Waals surface area contributed by atoms with E-state index in [1.54, 1.807) is 17.0 Å². The Morgan fingerprint density at radius 1 is 1.12 bits per heavy atom. The number of thiocarbonyl (C=S) groups is 1. The number of carbonyl (C=O) groups is 1. The molecule has 0 aromatic heterocycles. The van der Waals surface area contributed by atoms with Crippen LogP contribution in [0, 0.1) is 25.6 Å². The number of aryl methyl sites for hydroxylation is 2. The first-order valence-corrected chi connectivity index (χ1v) is 11.2. The van der Waals surface area contributed by atoms with Gasteiger partial charge in [0, 0.05) is 16.9 Å². The molecule has 2 aliphatic rings. The molecule has 0 radical (unpaired) electrons. The summed E-state index contributed by atoms with van der Waals surface area (Å²) < 4.78 is 20.6. The number of carbonyl (C=O) groups excluding carboxylic acids is 1. The van der Waals surface area contributed by atoms with Crippen LogP contribution >= 0.6 is 12.2 Å². The van der Waals surface area contributed by atoms with E-state index < -0.39 is 23.5 Å². The van der Waals surface area contributed by atoms with Crippen LogP contribution in [0.3, 0.4) is 0 Å². The second-order valence-electron chi connectivity index (χ2n) is 8.72. The molecular formula is C26H24FN3O2S. The number of amides is 1. The molecule has 1 amide bonds. The monoisotopic (exact) mass is 461 g/mol. The maximum atomic E-state index is 14.1. The molecule has 1 fully saturated rings. The van der Waals surface area contributed by atoms with Crippen LogP contribution in [-0.4, -0.2) is 16.7 Å². The molecule has 3 atom stereocenters. The maximum Gasteiger partial charge on any atom is 0.236 e. The van der Waals surface area contributed by atoms with Crippen molar-refractivity contribution < 1.29 is 13.9 Å². The molecule has 3 aromatic rings. The third-order valence-electron chi connectivity index (χ3n) is 6.40. The summed E-state index contributed by atoms with van der Waals surface area (Å²) in [4.78, 5) is 15.5. The summed E-state index contributed by atoms with van der Waals surface area (Å²) in [7, 11) is 0. The van der Waals surface area contributed by atoms with Crippen LogP contribution in [0.25, 0.3) is 0 Å². The first kappa shape index (κ1) is 21.4. The number of para-hydroxylation sites is 1. The first-order valence-electron chi connectivity index (χ1n) is 10.8. The highest BCUT2D eigenvalue weighted by atomic mass is 32.1. The molecule has 2 N–H and O–H groups in total. The quantitative estimate of drug-likeness (QED) is 0.523. The zero-order valence-corrected chi connectivity index (χ0v) is 19.4. The van der Waals surface area contributed by atoms with E-state index >= 15 is 0 Å². The fourth-order valence-electron chi connectivity index (χ4n) is 4.90. The molecule has 2 bridgehead atoms. The second kappa shape index (κ2) is 7.85. The summed E-state index contributed by atoms with van der Waals surface area (Å²) in [6, 6.07) is 19.2. The van der Waals surface area contributed by atoms with Crippen LogP contribution in [0.5, 0.6) is 5.75 Å². The lowest BCUT2D eigenvalue weighted by Gasteiger charge is -2.56. The lowest BCUT2D eigenvalue weighted by Crippen LogP contribution is -2.72. The average molecular weight is 462 g/mol. The summed E-state index contributed by atoms with van der Waals surface area (Å²) in [5, 5.41) is 6.79. The number of rotatable bonds is 3. The third kappa shape index (κ3) is 3.53. The van der Waals surface area contributed by atoms with Crippen LogP contribution in [0.15, 0.2) is 66.7 Å². The van der Waals surface area contributed by atoms with Crippen LogP contribution in [0.1, 0.15) is 29.7 Å². The number of ether oxygens (including phenoxy) is 1. The highest BCUT2D eigenvalue weighted by molar-refractivity contribution is 7.80. The number of hydrogen-bond donors (Lipinski definition) is 2. The summed E-state index contributed by atoms with van der Waals surface area (Å²) in [5.74, 6) is -0.617. The fourth-order valence-corrected chi connectivity index (χ4v) is 5.31. The Hall–Kier alpha value is -3.45. The molecule has 0 spiro atoms. The highest BCUT2D eigenvalue weighted by Crippen LogP contribution is 2.49. The summed E-state index contributed by atoms with van der Waals surface area (Å²) in [6.45, 7) is 5.81. The smallest absolute Gasteiger partial charge is 0.236 e. The standard InChI is InChI=1S/C26H24FN3O2S/c1-15-11-12-20(16(2)13-15)28-24(31)22-23-19-9-4-5-10-21(19)32-26(22,3)30(25(33)29-23)18-8-6-7-17(27)14-18/h4-14,22-23H,1-3H3,(H,28,31)(H,29,33)/t22-,23+,26+/m1/s1. The van der Waals surface area contributed by atoms with Crippen LogP contribution in [0.2, 0.25) is 0 Å². The van der Waals surface area contributed by atoms with Gasteiger partial charge in [-0.2, -0.15) is 0 Å². The van der Waals surface area contributed by atoms with Crippen molar-refractivity contribution >= 4 is 34.6 Å². The normalized spacial score (nSPS) is 23.3. The van der Waals surface area contributed by atoms with Gasteiger partial charge in [0.25, 0.3) is 0 Å². The zero-order chi connectivity index (χ0) is 23.3. The van der Waals surface area contributed by atoms with E-state index in [4.69, 9.17) is 17.0 Å². The molecule has 5 nitrogen and oxygen atoms in total. The molecule has 33 heavy (non-hydrogen) atoms. The van der Waals surface area contributed by atoms with Crippen LogP contribution in [-0.2, 0) is 4.79 Å². The highest BCUT2D eigenvalue weighted by Gasteiger charge is 2.59. The number of nitrogens with zero attached hydrogens (tertiary/aromatic N) is 1. The van der Waals surface area contributed by atoms with Gasteiger partial charge in [0.05, 0.1) is 6.04 Å². The van der Waals surface area contributed by atoms with E-state index in [9.17, 15) is 9.18 Å². The van der Waals surface area contributed by atoms with E-state index in [1.807, 2.05) is 63.2 Å². The van der Waals surface area contributed by atoms with Gasteiger partial charge in [0.2, 0.25) is 5.91 Å². The van der Waals surface area contributed by atoms with Gasteiger partial charge in [-0.15, -0.1) is 0 Å². The van der Waals surface area contributed by atoms with Gasteiger partial charge in [-0.1, -0.05) is 42.0 Å². The van der Waals surface area contributed by atoms with E-state index in [-0.39, 0.29) is 5.91 Å². The summed E-state index contributed by atoms with van der Waals surface area (Å²) in [5.41, 5.74) is 3.02. The predicted molar refractivity (Wildman–Crippen MR) is 131 cm³/mol. The lowest BCUT2D eigenvalue weighted by molar-refractivity contribution is -0.130. The number of anilines is 2. The number of benzene rings is 3. The third-order valence-corrected chi connectivity index (χ3v) is 6.70. The van der Waals surface area contributed by atoms with E-state index in [1.165, 1.54) is 12.1 Å². The summed E-state index contributed by atoms with van der Waals surface area (Å²) >= 11 is 5.69. The number of fused-ring (bicyclic) bond motifs is 4. The van der Waals surface area contributed by atoms with Gasteiger partial charge >= 0.3 is 0 Å². The Morgan fingerprint density at radius 3 is 2.67 bits per heavy atom. The maximum absolute atomic E-state index is 14.1. The molecule has 2 heterocycles. The molecule has 0 saturated carbocycles. The second-order valence-corrected chi connectivity index (χ2v) is 9.11. The van der Waals surface area contributed by atoms with Gasteiger partial charge in [0.1, 0.15) is 17.5 Å². The van der Waals surface area contributed by atoms with Gasteiger partial charge < -0.3 is 15.4 Å². The Labute approximate surface area is 197 Å². The molecule has 1 saturated heterocycles. The molecule has 0 aliphatic carbocycles. The van der Waals surface area contributed by atoms with Gasteiger partial charge in [0.15, 0.2) is 10.8 Å². The molecule has 0 unspecified atom stereocenters. The average Bonchev–Trinajstić information content (AvgIpc) is 2.75. The Morgan fingerprint density at radius 2 is 1.91 bits per heavy atom.